The van der Waals surface area contributed by atoms with Crippen molar-refractivity contribution in [3.63, 3.8) is 0 Å². The van der Waals surface area contributed by atoms with Gasteiger partial charge in [-0.1, -0.05) is 36.4 Å². The third-order valence-electron chi connectivity index (χ3n) is 3.68. The van der Waals surface area contributed by atoms with Crippen LogP contribution in [-0.4, -0.2) is 12.1 Å². The largest absolute Gasteiger partial charge is 0.497 e. The molecule has 0 radical (unpaired) electrons. The number of benzene rings is 2. The number of ether oxygens (including phenoxy) is 1. The molecule has 0 saturated heterocycles. The molecular weight excluding hydrogens is 260 g/mol. The highest BCUT2D eigenvalue weighted by molar-refractivity contribution is 5.82. The molecule has 0 saturated carbocycles. The first-order valence-corrected chi connectivity index (χ1v) is 7.00. The van der Waals surface area contributed by atoms with E-state index in [9.17, 15) is 0 Å². The van der Waals surface area contributed by atoms with Gasteiger partial charge < -0.3 is 10.5 Å². The molecule has 0 amide bonds. The molecule has 0 bridgehead atoms. The van der Waals surface area contributed by atoms with Crippen LogP contribution >= 0.6 is 0 Å². The number of methoxy groups -OCH3 is 1. The monoisotopic (exact) mass is 278 g/mol. The smallest absolute Gasteiger partial charge is 0.118 e. The zero-order valence-corrected chi connectivity index (χ0v) is 12.0. The van der Waals surface area contributed by atoms with E-state index in [0.717, 1.165) is 28.6 Å². The van der Waals surface area contributed by atoms with Gasteiger partial charge in [0, 0.05) is 17.6 Å². The van der Waals surface area contributed by atoms with Gasteiger partial charge in [-0.2, -0.15) is 0 Å². The van der Waals surface area contributed by atoms with E-state index in [1.165, 1.54) is 5.56 Å². The predicted octanol–water partition coefficient (Wildman–Crippen LogP) is 3.49. The van der Waals surface area contributed by atoms with Crippen molar-refractivity contribution in [3.05, 3.63) is 71.9 Å². The summed E-state index contributed by atoms with van der Waals surface area (Å²) in [5, 5.41) is 1.13. The second kappa shape index (κ2) is 5.94. The van der Waals surface area contributed by atoms with Gasteiger partial charge in [0.25, 0.3) is 0 Å². The Bertz CT molecular complexity index is 732. The minimum atomic E-state index is -0.0722. The van der Waals surface area contributed by atoms with Crippen LogP contribution in [0.2, 0.25) is 0 Å². The van der Waals surface area contributed by atoms with Gasteiger partial charge in [-0.15, -0.1) is 0 Å². The maximum atomic E-state index is 6.39. The molecule has 0 spiro atoms. The van der Waals surface area contributed by atoms with Crippen LogP contribution in [0.1, 0.15) is 17.2 Å². The van der Waals surface area contributed by atoms with Gasteiger partial charge in [0.2, 0.25) is 0 Å². The van der Waals surface area contributed by atoms with Crippen molar-refractivity contribution in [2.75, 3.05) is 7.11 Å². The number of rotatable bonds is 4. The van der Waals surface area contributed by atoms with E-state index in [2.05, 4.69) is 35.3 Å². The van der Waals surface area contributed by atoms with E-state index < -0.39 is 0 Å². The summed E-state index contributed by atoms with van der Waals surface area (Å²) in [6.07, 6.45) is 2.59. The molecule has 0 aliphatic carbocycles. The van der Waals surface area contributed by atoms with Crippen molar-refractivity contribution in [1.29, 1.82) is 0 Å². The van der Waals surface area contributed by atoms with Crippen LogP contribution < -0.4 is 10.5 Å². The van der Waals surface area contributed by atoms with Crippen LogP contribution in [0.25, 0.3) is 10.9 Å². The Kier molecular flexibility index (Phi) is 3.84. The number of hydrogen-bond donors (Lipinski definition) is 1. The fourth-order valence-electron chi connectivity index (χ4n) is 2.55. The Morgan fingerprint density at radius 3 is 2.57 bits per heavy atom. The van der Waals surface area contributed by atoms with E-state index in [-0.39, 0.29) is 6.04 Å². The number of aromatic nitrogens is 1. The zero-order chi connectivity index (χ0) is 14.7. The lowest BCUT2D eigenvalue weighted by Crippen LogP contribution is -2.14. The van der Waals surface area contributed by atoms with Crippen molar-refractivity contribution in [1.82, 2.24) is 4.98 Å². The molecule has 0 fully saturated rings. The molecule has 0 aliphatic rings. The Hall–Kier alpha value is -2.39. The van der Waals surface area contributed by atoms with Crippen molar-refractivity contribution in [2.45, 2.75) is 12.5 Å². The van der Waals surface area contributed by atoms with Crippen LogP contribution in [0.3, 0.4) is 0 Å². The third kappa shape index (κ3) is 2.88. The lowest BCUT2D eigenvalue weighted by molar-refractivity contribution is 0.414. The normalized spacial score (nSPS) is 12.3. The quantitative estimate of drug-likeness (QED) is 0.794. The molecule has 3 aromatic rings. The maximum Gasteiger partial charge on any atom is 0.118 e. The second-order valence-electron chi connectivity index (χ2n) is 5.08. The number of nitrogens with two attached hydrogens (primary N) is 1. The van der Waals surface area contributed by atoms with Gasteiger partial charge in [0.05, 0.1) is 12.6 Å². The van der Waals surface area contributed by atoms with E-state index in [4.69, 9.17) is 10.5 Å². The summed E-state index contributed by atoms with van der Waals surface area (Å²) in [4.78, 5) is 4.47. The highest BCUT2D eigenvalue weighted by Gasteiger charge is 2.11. The van der Waals surface area contributed by atoms with Crippen LogP contribution in [0.5, 0.6) is 5.75 Å². The van der Waals surface area contributed by atoms with E-state index >= 15 is 0 Å². The van der Waals surface area contributed by atoms with Gasteiger partial charge in [-0.3, -0.25) is 4.98 Å². The first-order valence-electron chi connectivity index (χ1n) is 7.00. The summed E-state index contributed by atoms with van der Waals surface area (Å²) in [5.41, 5.74) is 9.66. The standard InChI is InChI=1S/C18H18N2O/c1-21-15-9-7-13(8-10-15)12-17(19)16-6-2-4-14-5-3-11-20-18(14)16/h2-11,17H,12,19H2,1H3. The van der Waals surface area contributed by atoms with E-state index in [1.54, 1.807) is 7.11 Å². The molecule has 1 unspecified atom stereocenters. The number of fused-ring (bicyclic) bond motifs is 1. The van der Waals surface area contributed by atoms with Crippen molar-refractivity contribution in [3.8, 4) is 5.75 Å². The topological polar surface area (TPSA) is 48.1 Å². The molecule has 3 rings (SSSR count). The van der Waals surface area contributed by atoms with Gasteiger partial charge in [0.15, 0.2) is 0 Å². The lowest BCUT2D eigenvalue weighted by Gasteiger charge is -2.14. The summed E-state index contributed by atoms with van der Waals surface area (Å²) >= 11 is 0. The molecule has 106 valence electrons. The number of hydrogen-bond acceptors (Lipinski definition) is 3. The first kappa shape index (κ1) is 13.6. The molecule has 21 heavy (non-hydrogen) atoms. The van der Waals surface area contributed by atoms with Gasteiger partial charge >= 0.3 is 0 Å². The number of nitrogens with zero attached hydrogens (tertiary/aromatic N) is 1. The fraction of sp³-hybridized carbons (Fsp3) is 0.167. The summed E-state index contributed by atoms with van der Waals surface area (Å²) in [7, 11) is 1.67. The molecule has 3 heteroatoms. The molecule has 1 aromatic heterocycles. The van der Waals surface area contributed by atoms with E-state index in [1.807, 2.05) is 30.5 Å². The van der Waals surface area contributed by atoms with Crippen LogP contribution in [-0.2, 0) is 6.42 Å². The van der Waals surface area contributed by atoms with Crippen molar-refractivity contribution in [2.24, 2.45) is 5.73 Å². The number of pyridine rings is 1. The summed E-state index contributed by atoms with van der Waals surface area (Å²) in [6.45, 7) is 0. The summed E-state index contributed by atoms with van der Waals surface area (Å²) in [6, 6.07) is 18.1. The molecule has 0 aliphatic heterocycles. The van der Waals surface area contributed by atoms with Crippen molar-refractivity contribution >= 4 is 10.9 Å². The average molecular weight is 278 g/mol. The van der Waals surface area contributed by atoms with Gasteiger partial charge in [0.1, 0.15) is 5.75 Å². The summed E-state index contributed by atoms with van der Waals surface area (Å²) in [5.74, 6) is 0.860. The minimum absolute atomic E-state index is 0.0722. The first-order chi connectivity index (χ1) is 10.3. The lowest BCUT2D eigenvalue weighted by atomic mass is 9.97. The highest BCUT2D eigenvalue weighted by atomic mass is 16.5. The molecule has 2 N–H and O–H groups in total. The SMILES string of the molecule is COc1ccc(CC(N)c2cccc3cccnc23)cc1. The van der Waals surface area contributed by atoms with Gasteiger partial charge in [-0.25, -0.2) is 0 Å². The predicted molar refractivity (Wildman–Crippen MR) is 85.4 cm³/mol. The molecule has 2 aromatic carbocycles. The molecule has 1 heterocycles. The Labute approximate surface area is 124 Å². The second-order valence-corrected chi connectivity index (χ2v) is 5.08. The van der Waals surface area contributed by atoms with E-state index in [0.29, 0.717) is 0 Å². The number of para-hydroxylation sites is 1. The fourth-order valence-corrected chi connectivity index (χ4v) is 2.55. The highest BCUT2D eigenvalue weighted by Crippen LogP contribution is 2.24. The summed E-state index contributed by atoms with van der Waals surface area (Å²) < 4.78 is 5.18. The van der Waals surface area contributed by atoms with Crippen LogP contribution in [0.15, 0.2) is 60.8 Å². The third-order valence-corrected chi connectivity index (χ3v) is 3.68. The maximum absolute atomic E-state index is 6.39. The molecule has 3 nitrogen and oxygen atoms in total. The Balaban J connectivity index is 1.88. The van der Waals surface area contributed by atoms with Gasteiger partial charge in [-0.05, 0) is 35.7 Å². The molecular formula is C18H18N2O. The van der Waals surface area contributed by atoms with Crippen LogP contribution in [0.4, 0.5) is 0 Å². The molecule has 1 atom stereocenters. The Morgan fingerprint density at radius 2 is 1.81 bits per heavy atom. The zero-order valence-electron chi connectivity index (χ0n) is 12.0. The average Bonchev–Trinajstić information content (AvgIpc) is 2.55. The Morgan fingerprint density at radius 1 is 1.05 bits per heavy atom. The van der Waals surface area contributed by atoms with Crippen LogP contribution in [0, 0.1) is 0 Å². The minimum Gasteiger partial charge on any atom is -0.497 e. The van der Waals surface area contributed by atoms with Crippen molar-refractivity contribution < 1.29 is 4.74 Å².